The van der Waals surface area contributed by atoms with E-state index in [4.69, 9.17) is 13.0 Å². The van der Waals surface area contributed by atoms with Crippen molar-refractivity contribution in [1.29, 1.82) is 0 Å². The maximum Gasteiger partial charge on any atom is 0.522 e. The number of halogens is 3. The standard InChI is InChI=1S/C5H10N2.CHF3O3S/c1-7-4-2-3-6-5-7;2-1(3,4)8(5,6)7/h5H,2-4H2,1H3;(H,5,6,7). The van der Waals surface area contributed by atoms with Crippen LogP contribution < -0.4 is 0 Å². The molecule has 0 amide bonds. The van der Waals surface area contributed by atoms with E-state index in [1.54, 1.807) is 0 Å². The highest BCUT2D eigenvalue weighted by Crippen LogP contribution is 2.20. The quantitative estimate of drug-likeness (QED) is 0.507. The van der Waals surface area contributed by atoms with Crippen molar-refractivity contribution in [1.82, 2.24) is 4.90 Å². The lowest BCUT2D eigenvalue weighted by Crippen LogP contribution is -2.21. The number of rotatable bonds is 0. The molecule has 0 saturated carbocycles. The van der Waals surface area contributed by atoms with Crippen molar-refractivity contribution < 1.29 is 26.1 Å². The molecular formula is C6H11F3N2O3S. The van der Waals surface area contributed by atoms with Crippen LogP contribution in [0.25, 0.3) is 0 Å². The molecule has 0 saturated heterocycles. The van der Waals surface area contributed by atoms with E-state index >= 15 is 0 Å². The molecule has 1 aliphatic rings. The van der Waals surface area contributed by atoms with Crippen LogP contribution in [0, 0.1) is 0 Å². The second-order valence-electron chi connectivity index (χ2n) is 2.78. The summed E-state index contributed by atoms with van der Waals surface area (Å²) in [4.78, 5) is 6.16. The normalized spacial score (nSPS) is 17.0. The predicted octanol–water partition coefficient (Wildman–Crippen LogP) is 0.744. The molecule has 1 N–H and O–H groups in total. The molecule has 1 aliphatic heterocycles. The number of alkyl halides is 3. The van der Waals surface area contributed by atoms with Gasteiger partial charge < -0.3 is 4.90 Å². The molecule has 0 aromatic heterocycles. The van der Waals surface area contributed by atoms with Crippen LogP contribution in [0.4, 0.5) is 13.2 Å². The van der Waals surface area contributed by atoms with Crippen LogP contribution in [-0.4, -0.2) is 49.9 Å². The van der Waals surface area contributed by atoms with Crippen molar-refractivity contribution >= 4 is 16.5 Å². The Morgan fingerprint density at radius 3 is 2.07 bits per heavy atom. The minimum absolute atomic E-state index is 1.02. The van der Waals surface area contributed by atoms with Gasteiger partial charge in [-0.2, -0.15) is 21.6 Å². The van der Waals surface area contributed by atoms with Crippen molar-refractivity contribution in [2.45, 2.75) is 11.9 Å². The maximum atomic E-state index is 10.7. The van der Waals surface area contributed by atoms with Gasteiger partial charge in [-0.3, -0.25) is 9.55 Å². The van der Waals surface area contributed by atoms with Crippen molar-refractivity contribution in [2.75, 3.05) is 20.1 Å². The third-order valence-electron chi connectivity index (χ3n) is 1.37. The Labute approximate surface area is 85.3 Å². The van der Waals surface area contributed by atoms with Gasteiger partial charge >= 0.3 is 15.6 Å². The second-order valence-corrected chi connectivity index (χ2v) is 4.19. The van der Waals surface area contributed by atoms with Crippen molar-refractivity contribution in [3.05, 3.63) is 0 Å². The molecule has 15 heavy (non-hydrogen) atoms. The Kier molecular flexibility index (Phi) is 5.01. The van der Waals surface area contributed by atoms with E-state index in [2.05, 4.69) is 9.89 Å². The Hall–Kier alpha value is -0.830. The van der Waals surface area contributed by atoms with E-state index < -0.39 is 15.6 Å². The first-order valence-electron chi connectivity index (χ1n) is 3.88. The Balaban J connectivity index is 0.000000262. The first-order valence-corrected chi connectivity index (χ1v) is 5.32. The molecule has 0 fully saturated rings. The molecule has 0 aromatic rings. The van der Waals surface area contributed by atoms with Crippen LogP contribution in [0.5, 0.6) is 0 Å². The molecule has 1 heterocycles. The Morgan fingerprint density at radius 1 is 1.47 bits per heavy atom. The van der Waals surface area contributed by atoms with Gasteiger partial charge in [-0.05, 0) is 6.42 Å². The molecule has 0 atom stereocenters. The predicted molar refractivity (Wildman–Crippen MR) is 48.2 cm³/mol. The minimum Gasteiger partial charge on any atom is -0.366 e. The second kappa shape index (κ2) is 5.31. The van der Waals surface area contributed by atoms with Gasteiger partial charge in [-0.1, -0.05) is 0 Å². The fraction of sp³-hybridized carbons (Fsp3) is 0.833. The summed E-state index contributed by atoms with van der Waals surface area (Å²) in [5.41, 5.74) is -5.53. The molecule has 0 radical (unpaired) electrons. The highest BCUT2D eigenvalue weighted by molar-refractivity contribution is 7.86. The van der Waals surface area contributed by atoms with E-state index in [-0.39, 0.29) is 0 Å². The lowest BCUT2D eigenvalue weighted by atomic mass is 10.4. The molecule has 0 unspecified atom stereocenters. The molecular weight excluding hydrogens is 237 g/mol. The SMILES string of the molecule is CN1C=NCCC1.O=S(=O)(O)C(F)(F)F. The first kappa shape index (κ1) is 14.2. The zero-order chi connectivity index (χ0) is 12.1. The van der Waals surface area contributed by atoms with Crippen molar-refractivity contribution in [3.63, 3.8) is 0 Å². The molecule has 0 spiro atoms. The lowest BCUT2D eigenvalue weighted by Gasteiger charge is -2.15. The van der Waals surface area contributed by atoms with Crippen LogP contribution in [0.15, 0.2) is 4.99 Å². The molecule has 0 aliphatic carbocycles. The van der Waals surface area contributed by atoms with Crippen LogP contribution in [0.1, 0.15) is 6.42 Å². The fourth-order valence-corrected chi connectivity index (χ4v) is 0.666. The van der Waals surface area contributed by atoms with Crippen molar-refractivity contribution in [2.24, 2.45) is 4.99 Å². The largest absolute Gasteiger partial charge is 0.522 e. The van der Waals surface area contributed by atoms with Crippen LogP contribution in [0.3, 0.4) is 0 Å². The number of hydrogen-bond acceptors (Lipinski definition) is 4. The minimum atomic E-state index is -5.84. The smallest absolute Gasteiger partial charge is 0.366 e. The fourth-order valence-electron chi connectivity index (χ4n) is 0.666. The average molecular weight is 248 g/mol. The Bertz CT molecular complexity index is 312. The zero-order valence-electron chi connectivity index (χ0n) is 7.90. The number of nitrogens with zero attached hydrogens (tertiary/aromatic N) is 2. The van der Waals surface area contributed by atoms with Crippen LogP contribution in [0.2, 0.25) is 0 Å². The molecule has 5 nitrogen and oxygen atoms in total. The summed E-state index contributed by atoms with van der Waals surface area (Å²) >= 11 is 0. The van der Waals surface area contributed by atoms with Crippen LogP contribution >= 0.6 is 0 Å². The van der Waals surface area contributed by atoms with Gasteiger partial charge in [0.05, 0.1) is 6.34 Å². The summed E-state index contributed by atoms with van der Waals surface area (Å²) < 4.78 is 57.5. The topological polar surface area (TPSA) is 70.0 Å². The van der Waals surface area contributed by atoms with Gasteiger partial charge in [-0.25, -0.2) is 0 Å². The van der Waals surface area contributed by atoms with Gasteiger partial charge in [0, 0.05) is 20.1 Å². The summed E-state index contributed by atoms with van der Waals surface area (Å²) in [7, 11) is -3.80. The molecule has 9 heteroatoms. The maximum absolute atomic E-state index is 10.7. The number of aliphatic imine (C=N–C) groups is 1. The summed E-state index contributed by atoms with van der Waals surface area (Å²) in [6.45, 7) is 2.19. The third kappa shape index (κ3) is 6.28. The van der Waals surface area contributed by atoms with E-state index in [9.17, 15) is 13.2 Å². The van der Waals surface area contributed by atoms with Gasteiger partial charge in [0.25, 0.3) is 0 Å². The van der Waals surface area contributed by atoms with Crippen LogP contribution in [-0.2, 0) is 10.1 Å². The van der Waals surface area contributed by atoms with E-state index in [0.717, 1.165) is 6.54 Å². The Morgan fingerprint density at radius 2 is 1.93 bits per heavy atom. The highest BCUT2D eigenvalue weighted by Gasteiger charge is 2.44. The molecule has 1 rings (SSSR count). The molecule has 0 aromatic carbocycles. The monoisotopic (exact) mass is 248 g/mol. The summed E-state index contributed by atoms with van der Waals surface area (Å²) in [6, 6.07) is 0. The number of hydrogen-bond donors (Lipinski definition) is 1. The average Bonchev–Trinajstić information content (AvgIpc) is 2.02. The van der Waals surface area contributed by atoms with E-state index in [1.165, 1.54) is 13.0 Å². The summed E-state index contributed by atoms with van der Waals surface area (Å²) in [6.07, 6.45) is 3.11. The summed E-state index contributed by atoms with van der Waals surface area (Å²) in [5.74, 6) is 0. The van der Waals surface area contributed by atoms with E-state index in [1.807, 2.05) is 13.4 Å². The van der Waals surface area contributed by atoms with E-state index in [0.29, 0.717) is 0 Å². The summed E-state index contributed by atoms with van der Waals surface area (Å²) in [5, 5.41) is 0. The first-order chi connectivity index (χ1) is 6.64. The van der Waals surface area contributed by atoms with Gasteiger partial charge in [0.2, 0.25) is 0 Å². The molecule has 0 bridgehead atoms. The lowest BCUT2D eigenvalue weighted by molar-refractivity contribution is -0.0510. The van der Waals surface area contributed by atoms with Gasteiger partial charge in [-0.15, -0.1) is 0 Å². The van der Waals surface area contributed by atoms with Gasteiger partial charge in [0.15, 0.2) is 0 Å². The van der Waals surface area contributed by atoms with Crippen molar-refractivity contribution in [3.8, 4) is 0 Å². The molecule has 90 valence electrons. The zero-order valence-corrected chi connectivity index (χ0v) is 8.72. The highest BCUT2D eigenvalue weighted by atomic mass is 32.2. The third-order valence-corrected chi connectivity index (χ3v) is 1.95. The van der Waals surface area contributed by atoms with Gasteiger partial charge in [0.1, 0.15) is 0 Å².